The van der Waals surface area contributed by atoms with Crippen LogP contribution in [0.25, 0.3) is 0 Å². The van der Waals surface area contributed by atoms with Crippen LogP contribution in [0.4, 0.5) is 5.69 Å². The number of nitrogens with two attached hydrogens (primary N) is 1. The zero-order valence-electron chi connectivity index (χ0n) is 9.65. The lowest BCUT2D eigenvalue weighted by Gasteiger charge is -2.16. The van der Waals surface area contributed by atoms with Crippen LogP contribution in [0.15, 0.2) is 23.1 Å². The van der Waals surface area contributed by atoms with Gasteiger partial charge in [-0.1, -0.05) is 11.6 Å². The molecule has 0 atom stereocenters. The van der Waals surface area contributed by atoms with Crippen LogP contribution in [-0.2, 0) is 4.79 Å². The van der Waals surface area contributed by atoms with E-state index in [0.29, 0.717) is 22.5 Å². The van der Waals surface area contributed by atoms with Gasteiger partial charge in [-0.3, -0.25) is 4.79 Å². The number of halogens is 1. The third kappa shape index (κ3) is 3.30. The summed E-state index contributed by atoms with van der Waals surface area (Å²) in [5, 5.41) is 0.645. The van der Waals surface area contributed by atoms with Gasteiger partial charge < -0.3 is 10.6 Å². The molecule has 0 aromatic heterocycles. The monoisotopic (exact) mass is 270 g/mol. The normalized spacial score (nSPS) is 14.7. The molecule has 1 aromatic rings. The average molecular weight is 271 g/mol. The Balaban J connectivity index is 1.92. The molecular weight excluding hydrogens is 256 g/mol. The van der Waals surface area contributed by atoms with Crippen molar-refractivity contribution in [3.8, 4) is 0 Å². The fourth-order valence-electron chi connectivity index (χ4n) is 1.54. The van der Waals surface area contributed by atoms with Gasteiger partial charge in [-0.2, -0.15) is 0 Å². The van der Waals surface area contributed by atoms with Gasteiger partial charge in [0, 0.05) is 23.7 Å². The molecule has 1 aliphatic rings. The van der Waals surface area contributed by atoms with Crippen molar-refractivity contribution in [3.05, 3.63) is 23.2 Å². The molecule has 0 radical (unpaired) electrons. The molecule has 2 rings (SSSR count). The first kappa shape index (κ1) is 12.6. The predicted molar refractivity (Wildman–Crippen MR) is 72.4 cm³/mol. The molecule has 17 heavy (non-hydrogen) atoms. The van der Waals surface area contributed by atoms with E-state index in [1.807, 2.05) is 11.9 Å². The molecule has 3 nitrogen and oxygen atoms in total. The van der Waals surface area contributed by atoms with Gasteiger partial charge in [-0.05, 0) is 31.0 Å². The van der Waals surface area contributed by atoms with E-state index >= 15 is 0 Å². The first-order chi connectivity index (χ1) is 8.08. The Bertz CT molecular complexity index is 435. The number of hydrogen-bond donors (Lipinski definition) is 1. The van der Waals surface area contributed by atoms with Gasteiger partial charge >= 0.3 is 0 Å². The minimum absolute atomic E-state index is 0.149. The highest BCUT2D eigenvalue weighted by Gasteiger charge is 2.29. The second-order valence-corrected chi connectivity index (χ2v) is 5.64. The minimum atomic E-state index is 0.149. The quantitative estimate of drug-likeness (QED) is 0.676. The molecule has 1 aromatic carbocycles. The molecule has 5 heteroatoms. The molecule has 0 aliphatic heterocycles. The summed E-state index contributed by atoms with van der Waals surface area (Å²) in [7, 11) is 1.86. The summed E-state index contributed by atoms with van der Waals surface area (Å²) in [4.78, 5) is 14.5. The van der Waals surface area contributed by atoms with Crippen LogP contribution in [0, 0.1) is 0 Å². The number of nitrogens with zero attached hydrogens (tertiary/aromatic N) is 1. The van der Waals surface area contributed by atoms with Crippen molar-refractivity contribution in [2.75, 3.05) is 18.5 Å². The van der Waals surface area contributed by atoms with Crippen LogP contribution in [0.2, 0.25) is 5.02 Å². The summed E-state index contributed by atoms with van der Waals surface area (Å²) in [6.07, 6.45) is 2.26. The van der Waals surface area contributed by atoms with Crippen LogP contribution in [0.3, 0.4) is 0 Å². The number of anilines is 1. The fraction of sp³-hybridized carbons (Fsp3) is 0.417. The predicted octanol–water partition coefficient (Wildman–Crippen LogP) is 2.64. The number of amides is 1. The Labute approximate surface area is 110 Å². The zero-order chi connectivity index (χ0) is 12.4. The van der Waals surface area contributed by atoms with E-state index in [0.717, 1.165) is 17.7 Å². The Kier molecular flexibility index (Phi) is 3.84. The molecule has 0 unspecified atom stereocenters. The van der Waals surface area contributed by atoms with Crippen molar-refractivity contribution in [1.82, 2.24) is 4.90 Å². The summed E-state index contributed by atoms with van der Waals surface area (Å²) in [5.41, 5.74) is 6.35. The van der Waals surface area contributed by atoms with Crippen LogP contribution < -0.4 is 5.73 Å². The van der Waals surface area contributed by atoms with Gasteiger partial charge in [0.2, 0.25) is 5.91 Å². The lowest BCUT2D eigenvalue weighted by Crippen LogP contribution is -2.30. The molecule has 0 bridgehead atoms. The van der Waals surface area contributed by atoms with Gasteiger partial charge in [-0.25, -0.2) is 0 Å². The van der Waals surface area contributed by atoms with Gasteiger partial charge in [0.05, 0.1) is 10.8 Å². The molecule has 1 aliphatic carbocycles. The van der Waals surface area contributed by atoms with Crippen molar-refractivity contribution in [2.45, 2.75) is 23.8 Å². The van der Waals surface area contributed by atoms with E-state index in [4.69, 9.17) is 17.3 Å². The van der Waals surface area contributed by atoms with E-state index in [-0.39, 0.29) is 5.91 Å². The van der Waals surface area contributed by atoms with Crippen molar-refractivity contribution < 1.29 is 4.79 Å². The molecular formula is C12H15ClN2OS. The highest BCUT2D eigenvalue weighted by Crippen LogP contribution is 2.30. The van der Waals surface area contributed by atoms with Crippen molar-refractivity contribution in [3.63, 3.8) is 0 Å². The van der Waals surface area contributed by atoms with Crippen LogP contribution >= 0.6 is 23.4 Å². The van der Waals surface area contributed by atoms with Crippen LogP contribution in [0.5, 0.6) is 0 Å². The highest BCUT2D eigenvalue weighted by molar-refractivity contribution is 8.00. The molecule has 1 saturated carbocycles. The van der Waals surface area contributed by atoms with Crippen molar-refractivity contribution in [1.29, 1.82) is 0 Å². The van der Waals surface area contributed by atoms with Crippen LogP contribution in [-0.4, -0.2) is 29.6 Å². The number of hydrogen-bond acceptors (Lipinski definition) is 3. The molecule has 92 valence electrons. The largest absolute Gasteiger partial charge is 0.399 e. The van der Waals surface area contributed by atoms with E-state index < -0.39 is 0 Å². The molecule has 0 heterocycles. The second-order valence-electron chi connectivity index (χ2n) is 4.21. The lowest BCUT2D eigenvalue weighted by atomic mass is 10.3. The fourth-order valence-corrected chi connectivity index (χ4v) is 2.73. The van der Waals surface area contributed by atoms with Gasteiger partial charge in [0.15, 0.2) is 0 Å². The summed E-state index contributed by atoms with van der Waals surface area (Å²) in [6.45, 7) is 0. The second kappa shape index (κ2) is 5.19. The first-order valence-electron chi connectivity index (χ1n) is 5.51. The van der Waals surface area contributed by atoms with Crippen molar-refractivity contribution >= 4 is 35.0 Å². The SMILES string of the molecule is CN(C(=O)CSc1cc(N)ccc1Cl)C1CC1. The Morgan fingerprint density at radius 3 is 2.94 bits per heavy atom. The maximum atomic E-state index is 11.8. The smallest absolute Gasteiger partial charge is 0.232 e. The number of nitrogen functional groups attached to an aromatic ring is 1. The maximum absolute atomic E-state index is 11.8. The molecule has 1 fully saturated rings. The summed E-state index contributed by atoms with van der Waals surface area (Å²) in [5.74, 6) is 0.562. The Morgan fingerprint density at radius 2 is 2.29 bits per heavy atom. The van der Waals surface area contributed by atoms with Gasteiger partial charge in [0.1, 0.15) is 0 Å². The third-order valence-corrected chi connectivity index (χ3v) is 4.28. The lowest BCUT2D eigenvalue weighted by molar-refractivity contribution is -0.127. The minimum Gasteiger partial charge on any atom is -0.399 e. The molecule has 0 spiro atoms. The van der Waals surface area contributed by atoms with E-state index in [9.17, 15) is 4.79 Å². The molecule has 0 saturated heterocycles. The number of carbonyl (C=O) groups is 1. The highest BCUT2D eigenvalue weighted by atomic mass is 35.5. The van der Waals surface area contributed by atoms with E-state index in [1.54, 1.807) is 18.2 Å². The Morgan fingerprint density at radius 1 is 1.59 bits per heavy atom. The topological polar surface area (TPSA) is 46.3 Å². The zero-order valence-corrected chi connectivity index (χ0v) is 11.2. The van der Waals surface area contributed by atoms with Crippen LogP contribution in [0.1, 0.15) is 12.8 Å². The summed E-state index contributed by atoms with van der Waals surface area (Å²) >= 11 is 7.47. The van der Waals surface area contributed by atoms with E-state index in [2.05, 4.69) is 0 Å². The van der Waals surface area contributed by atoms with Gasteiger partial charge in [0.25, 0.3) is 0 Å². The molecule has 1 amide bonds. The summed E-state index contributed by atoms with van der Waals surface area (Å²) in [6, 6.07) is 5.77. The summed E-state index contributed by atoms with van der Waals surface area (Å²) < 4.78 is 0. The third-order valence-electron chi connectivity index (χ3n) is 2.79. The Hall–Kier alpha value is -0.870. The maximum Gasteiger partial charge on any atom is 0.232 e. The number of carbonyl (C=O) groups excluding carboxylic acids is 1. The van der Waals surface area contributed by atoms with Gasteiger partial charge in [-0.15, -0.1) is 11.8 Å². The number of rotatable bonds is 4. The standard InChI is InChI=1S/C12H15ClN2OS/c1-15(9-3-4-9)12(16)7-17-11-6-8(14)2-5-10(11)13/h2,5-6,9H,3-4,7,14H2,1H3. The number of thioether (sulfide) groups is 1. The number of benzene rings is 1. The van der Waals surface area contributed by atoms with E-state index in [1.165, 1.54) is 11.8 Å². The van der Waals surface area contributed by atoms with Crippen molar-refractivity contribution in [2.24, 2.45) is 0 Å². The first-order valence-corrected chi connectivity index (χ1v) is 6.88. The average Bonchev–Trinajstić information content (AvgIpc) is 3.13. The molecule has 2 N–H and O–H groups in total.